The van der Waals surface area contributed by atoms with E-state index < -0.39 is 23.5 Å². The summed E-state index contributed by atoms with van der Waals surface area (Å²) in [5.41, 5.74) is 1.45. The van der Waals surface area contributed by atoms with E-state index in [0.29, 0.717) is 6.42 Å². The van der Waals surface area contributed by atoms with Crippen molar-refractivity contribution in [1.29, 1.82) is 0 Å². The molecule has 1 amide bonds. The average molecular weight is 320 g/mol. The first kappa shape index (κ1) is 17.2. The Morgan fingerprint density at radius 1 is 1.26 bits per heavy atom. The molecule has 1 heterocycles. The SMILES string of the molecule is CC(C)CC(NC(=O)c1cc2c([nH]c1=O)CCCCC2)C(=O)O. The third kappa shape index (κ3) is 4.43. The molecule has 6 nitrogen and oxygen atoms in total. The zero-order valence-corrected chi connectivity index (χ0v) is 13.6. The van der Waals surface area contributed by atoms with Crippen molar-refractivity contribution in [3.63, 3.8) is 0 Å². The number of fused-ring (bicyclic) bond motifs is 1. The Hall–Kier alpha value is -2.11. The molecule has 1 aromatic heterocycles. The van der Waals surface area contributed by atoms with Gasteiger partial charge in [-0.1, -0.05) is 20.3 Å². The van der Waals surface area contributed by atoms with Gasteiger partial charge in [-0.3, -0.25) is 9.59 Å². The quantitative estimate of drug-likeness (QED) is 0.721. The maximum absolute atomic E-state index is 12.3. The lowest BCUT2D eigenvalue weighted by atomic mass is 10.0. The zero-order valence-electron chi connectivity index (χ0n) is 13.6. The van der Waals surface area contributed by atoms with Gasteiger partial charge in [-0.05, 0) is 49.7 Å². The Morgan fingerprint density at radius 3 is 2.61 bits per heavy atom. The predicted octanol–water partition coefficient (Wildman–Crippen LogP) is 1.87. The van der Waals surface area contributed by atoms with Crippen LogP contribution in [0.4, 0.5) is 0 Å². The number of carbonyl (C=O) groups is 2. The standard InChI is InChI=1S/C17H24N2O4/c1-10(2)8-14(17(22)23)19-16(21)12-9-11-6-4-3-5-7-13(11)18-15(12)20/h9-10,14H,3-8H2,1-2H3,(H,18,20)(H,19,21)(H,22,23). The summed E-state index contributed by atoms with van der Waals surface area (Å²) in [5, 5.41) is 11.7. The van der Waals surface area contributed by atoms with Crippen LogP contribution in [0, 0.1) is 5.92 Å². The van der Waals surface area contributed by atoms with Gasteiger partial charge in [0.1, 0.15) is 11.6 Å². The predicted molar refractivity (Wildman–Crippen MR) is 86.7 cm³/mol. The minimum atomic E-state index is -1.08. The maximum atomic E-state index is 12.3. The lowest BCUT2D eigenvalue weighted by Gasteiger charge is -2.16. The van der Waals surface area contributed by atoms with Crippen LogP contribution in [-0.4, -0.2) is 28.0 Å². The summed E-state index contributed by atoms with van der Waals surface area (Å²) in [5.74, 6) is -1.58. The molecule has 0 saturated carbocycles. The molecule has 1 atom stereocenters. The van der Waals surface area contributed by atoms with Gasteiger partial charge in [0.25, 0.3) is 11.5 Å². The number of carbonyl (C=O) groups excluding carboxylic acids is 1. The number of amides is 1. The third-order valence-electron chi connectivity index (χ3n) is 4.14. The molecule has 0 fully saturated rings. The zero-order chi connectivity index (χ0) is 17.0. The second-order valence-corrected chi connectivity index (χ2v) is 6.57. The van der Waals surface area contributed by atoms with E-state index in [9.17, 15) is 19.5 Å². The van der Waals surface area contributed by atoms with Crippen LogP contribution in [-0.2, 0) is 17.6 Å². The molecule has 0 radical (unpaired) electrons. The summed E-state index contributed by atoms with van der Waals surface area (Å²) in [6, 6.07) is 0.643. The first-order valence-electron chi connectivity index (χ1n) is 8.17. The van der Waals surface area contributed by atoms with Crippen molar-refractivity contribution >= 4 is 11.9 Å². The number of carboxylic acid groups (broad SMARTS) is 1. The number of nitrogens with one attached hydrogen (secondary N) is 2. The number of H-pyrrole nitrogens is 1. The minimum Gasteiger partial charge on any atom is -0.480 e. The van der Waals surface area contributed by atoms with E-state index in [1.807, 2.05) is 13.8 Å². The molecule has 0 aliphatic heterocycles. The van der Waals surface area contributed by atoms with Crippen LogP contribution in [0.1, 0.15) is 61.1 Å². The number of aryl methyl sites for hydroxylation is 2. The largest absolute Gasteiger partial charge is 0.480 e. The van der Waals surface area contributed by atoms with E-state index in [2.05, 4.69) is 10.3 Å². The summed E-state index contributed by atoms with van der Waals surface area (Å²) >= 11 is 0. The van der Waals surface area contributed by atoms with E-state index in [0.717, 1.165) is 43.4 Å². The molecule has 1 unspecified atom stereocenters. The Morgan fingerprint density at radius 2 is 1.96 bits per heavy atom. The molecule has 0 spiro atoms. The smallest absolute Gasteiger partial charge is 0.326 e. The van der Waals surface area contributed by atoms with E-state index in [1.165, 1.54) is 0 Å². The Kier molecular flexibility index (Phi) is 5.58. The maximum Gasteiger partial charge on any atom is 0.326 e. The molecule has 1 aromatic rings. The first-order valence-corrected chi connectivity index (χ1v) is 8.17. The molecular formula is C17H24N2O4. The minimum absolute atomic E-state index is 0.000608. The van der Waals surface area contributed by atoms with Crippen molar-refractivity contribution in [2.45, 2.75) is 58.4 Å². The normalized spacial score (nSPS) is 15.6. The van der Waals surface area contributed by atoms with Crippen molar-refractivity contribution in [2.24, 2.45) is 5.92 Å². The highest BCUT2D eigenvalue weighted by molar-refractivity contribution is 5.96. The van der Waals surface area contributed by atoms with E-state index in [-0.39, 0.29) is 11.5 Å². The monoisotopic (exact) mass is 320 g/mol. The Bertz CT molecular complexity index is 648. The van der Waals surface area contributed by atoms with Crippen molar-refractivity contribution in [3.8, 4) is 0 Å². The van der Waals surface area contributed by atoms with Gasteiger partial charge in [0, 0.05) is 5.69 Å². The second kappa shape index (κ2) is 7.44. The van der Waals surface area contributed by atoms with Gasteiger partial charge >= 0.3 is 5.97 Å². The molecule has 0 aromatic carbocycles. The highest BCUT2D eigenvalue weighted by Crippen LogP contribution is 2.18. The van der Waals surface area contributed by atoms with Crippen LogP contribution in [0.2, 0.25) is 0 Å². The fourth-order valence-corrected chi connectivity index (χ4v) is 2.95. The number of pyridine rings is 1. The molecule has 3 N–H and O–H groups in total. The van der Waals surface area contributed by atoms with Crippen molar-refractivity contribution < 1.29 is 14.7 Å². The van der Waals surface area contributed by atoms with E-state index >= 15 is 0 Å². The van der Waals surface area contributed by atoms with Gasteiger partial charge in [0.05, 0.1) is 0 Å². The number of aromatic amines is 1. The van der Waals surface area contributed by atoms with Gasteiger partial charge in [-0.25, -0.2) is 4.79 Å². The number of aliphatic carboxylic acids is 1. The fraction of sp³-hybridized carbons (Fsp3) is 0.588. The summed E-state index contributed by atoms with van der Waals surface area (Å²) in [6.45, 7) is 3.77. The third-order valence-corrected chi connectivity index (χ3v) is 4.14. The van der Waals surface area contributed by atoms with E-state index in [4.69, 9.17) is 0 Å². The molecule has 0 bridgehead atoms. The summed E-state index contributed by atoms with van der Waals surface area (Å²) in [6.07, 6.45) is 5.14. The van der Waals surface area contributed by atoms with Crippen LogP contribution in [0.5, 0.6) is 0 Å². The number of aromatic nitrogens is 1. The molecule has 0 saturated heterocycles. The van der Waals surface area contributed by atoms with E-state index in [1.54, 1.807) is 6.07 Å². The van der Waals surface area contributed by atoms with Crippen molar-refractivity contribution in [1.82, 2.24) is 10.3 Å². The lowest BCUT2D eigenvalue weighted by molar-refractivity contribution is -0.139. The van der Waals surface area contributed by atoms with Gasteiger partial charge in [0.15, 0.2) is 0 Å². The summed E-state index contributed by atoms with van der Waals surface area (Å²) in [7, 11) is 0. The lowest BCUT2D eigenvalue weighted by Crippen LogP contribution is -2.43. The average Bonchev–Trinajstić information content (AvgIpc) is 2.69. The second-order valence-electron chi connectivity index (χ2n) is 6.57. The van der Waals surface area contributed by atoms with Gasteiger partial charge in [0.2, 0.25) is 0 Å². The van der Waals surface area contributed by atoms with Crippen molar-refractivity contribution in [3.05, 3.63) is 33.2 Å². The molecule has 2 rings (SSSR count). The van der Waals surface area contributed by atoms with Crippen LogP contribution in [0.25, 0.3) is 0 Å². The molecule has 126 valence electrons. The Labute approximate surface area is 135 Å². The number of carboxylic acids is 1. The molecule has 23 heavy (non-hydrogen) atoms. The number of hydrogen-bond donors (Lipinski definition) is 3. The first-order chi connectivity index (χ1) is 10.9. The van der Waals surface area contributed by atoms with Gasteiger partial charge in [-0.15, -0.1) is 0 Å². The Balaban J connectivity index is 2.23. The fourth-order valence-electron chi connectivity index (χ4n) is 2.95. The van der Waals surface area contributed by atoms with Gasteiger partial charge in [-0.2, -0.15) is 0 Å². The molecule has 1 aliphatic rings. The summed E-state index contributed by atoms with van der Waals surface area (Å²) in [4.78, 5) is 38.6. The summed E-state index contributed by atoms with van der Waals surface area (Å²) < 4.78 is 0. The number of hydrogen-bond acceptors (Lipinski definition) is 3. The topological polar surface area (TPSA) is 99.3 Å². The molecular weight excluding hydrogens is 296 g/mol. The van der Waals surface area contributed by atoms with Crippen LogP contribution in [0.3, 0.4) is 0 Å². The molecule has 6 heteroatoms. The molecule has 1 aliphatic carbocycles. The van der Waals surface area contributed by atoms with Crippen molar-refractivity contribution in [2.75, 3.05) is 0 Å². The van der Waals surface area contributed by atoms with Crippen LogP contribution >= 0.6 is 0 Å². The van der Waals surface area contributed by atoms with Crippen LogP contribution < -0.4 is 10.9 Å². The van der Waals surface area contributed by atoms with Gasteiger partial charge < -0.3 is 15.4 Å². The highest BCUT2D eigenvalue weighted by Gasteiger charge is 2.24. The number of rotatable bonds is 5. The van der Waals surface area contributed by atoms with Crippen LogP contribution in [0.15, 0.2) is 10.9 Å². The highest BCUT2D eigenvalue weighted by atomic mass is 16.4.